The SMILES string of the molecule is C=C.C=O.CC.CC(=O)O.CCO.CCOC(C)=O.O.O=C=O. The van der Waals surface area contributed by atoms with Crippen LogP contribution in [0.5, 0.6) is 0 Å². The third-order valence-electron chi connectivity index (χ3n) is 0.348. The zero-order valence-corrected chi connectivity index (χ0v) is 14.9. The van der Waals surface area contributed by atoms with E-state index in [-0.39, 0.29) is 24.2 Å². The van der Waals surface area contributed by atoms with E-state index in [9.17, 15) is 4.79 Å². The smallest absolute Gasteiger partial charge is 0.373 e. The van der Waals surface area contributed by atoms with Crippen molar-refractivity contribution in [3.05, 3.63) is 13.2 Å². The Morgan fingerprint density at radius 3 is 1.17 bits per heavy atom. The molecule has 9 heteroatoms. The lowest BCUT2D eigenvalue weighted by Crippen LogP contribution is -1.95. The highest BCUT2D eigenvalue weighted by molar-refractivity contribution is 5.65. The Labute approximate surface area is 138 Å². The molecule has 0 aliphatic heterocycles. The number of aliphatic carboxylic acids is 1. The van der Waals surface area contributed by atoms with Crippen LogP contribution in [0.25, 0.3) is 0 Å². The van der Waals surface area contributed by atoms with Gasteiger partial charge in [-0.05, 0) is 13.8 Å². The Kier molecular flexibility index (Phi) is 253. The molecule has 0 amide bonds. The maximum absolute atomic E-state index is 9.82. The molecule has 0 spiro atoms. The fourth-order valence-corrected chi connectivity index (χ4v) is 0.203. The van der Waals surface area contributed by atoms with Gasteiger partial charge in [-0.3, -0.25) is 9.59 Å². The fraction of sp³-hybridized carbons (Fsp3) is 0.571. The molecule has 0 bridgehead atoms. The number of aliphatic hydroxyl groups is 1. The summed E-state index contributed by atoms with van der Waals surface area (Å²) < 4.78 is 4.40. The van der Waals surface area contributed by atoms with Crippen LogP contribution in [0.4, 0.5) is 0 Å². The molecule has 0 aromatic rings. The summed E-state index contributed by atoms with van der Waals surface area (Å²) in [6.07, 6.45) is 0.250. The molecule has 4 N–H and O–H groups in total. The summed E-state index contributed by atoms with van der Waals surface area (Å²) in [6.45, 7) is 18.7. The minimum atomic E-state index is -0.833. The van der Waals surface area contributed by atoms with Crippen LogP contribution < -0.4 is 0 Å². The molecule has 0 fully saturated rings. The molecule has 9 nitrogen and oxygen atoms in total. The molecule has 0 aromatic carbocycles. The quantitative estimate of drug-likeness (QED) is 0.522. The first-order valence-corrected chi connectivity index (χ1v) is 6.05. The summed E-state index contributed by atoms with van der Waals surface area (Å²) in [6, 6.07) is 0. The molecule has 0 atom stereocenters. The normalized spacial score (nSPS) is 4.83. The van der Waals surface area contributed by atoms with Gasteiger partial charge in [-0.25, -0.2) is 0 Å². The van der Waals surface area contributed by atoms with Crippen molar-refractivity contribution in [3.8, 4) is 0 Å². The average Bonchev–Trinajstić information content (AvgIpc) is 2.46. The number of aliphatic hydroxyl groups excluding tert-OH is 1. The molecule has 23 heavy (non-hydrogen) atoms. The number of carbonyl (C=O) groups is 3. The van der Waals surface area contributed by atoms with Crippen LogP contribution in [0.3, 0.4) is 0 Å². The van der Waals surface area contributed by atoms with E-state index in [1.807, 2.05) is 20.6 Å². The Bertz CT molecular complexity index is 206. The van der Waals surface area contributed by atoms with E-state index in [0.29, 0.717) is 6.61 Å². The molecule has 0 unspecified atom stereocenters. The van der Waals surface area contributed by atoms with Gasteiger partial charge in [-0.2, -0.15) is 9.59 Å². The van der Waals surface area contributed by atoms with E-state index >= 15 is 0 Å². The zero-order valence-electron chi connectivity index (χ0n) is 14.9. The maximum Gasteiger partial charge on any atom is 0.373 e. The molecule has 142 valence electrons. The van der Waals surface area contributed by atoms with Gasteiger partial charge in [0, 0.05) is 20.5 Å². The van der Waals surface area contributed by atoms with Gasteiger partial charge < -0.3 is 25.2 Å². The number of hydrogen-bond acceptors (Lipinski definition) is 7. The Morgan fingerprint density at radius 2 is 1.17 bits per heavy atom. The van der Waals surface area contributed by atoms with Gasteiger partial charge in [-0.15, -0.1) is 13.2 Å². The van der Waals surface area contributed by atoms with E-state index in [0.717, 1.165) is 6.92 Å². The van der Waals surface area contributed by atoms with E-state index in [1.165, 1.54) is 6.92 Å². The minimum Gasteiger partial charge on any atom is -0.481 e. The molecule has 0 heterocycles. The van der Waals surface area contributed by atoms with Crippen LogP contribution in [-0.4, -0.2) is 53.8 Å². The largest absolute Gasteiger partial charge is 0.481 e. The lowest BCUT2D eigenvalue weighted by atomic mass is 10.8. The number of carboxylic acid groups (broad SMARTS) is 1. The number of carboxylic acids is 1. The summed E-state index contributed by atoms with van der Waals surface area (Å²) in [5.74, 6) is -1.04. The highest BCUT2D eigenvalue weighted by atomic mass is 16.5. The van der Waals surface area contributed by atoms with Gasteiger partial charge in [0.05, 0.1) is 6.61 Å². The fourth-order valence-electron chi connectivity index (χ4n) is 0.203. The first kappa shape index (κ1) is 49.8. The van der Waals surface area contributed by atoms with Gasteiger partial charge in [-0.1, -0.05) is 13.8 Å². The van der Waals surface area contributed by atoms with Crippen molar-refractivity contribution in [2.45, 2.75) is 41.5 Å². The van der Waals surface area contributed by atoms with Crippen molar-refractivity contribution in [1.29, 1.82) is 0 Å². The van der Waals surface area contributed by atoms with E-state index in [4.69, 9.17) is 29.4 Å². The highest BCUT2D eigenvalue weighted by Gasteiger charge is 1.81. The molecule has 0 saturated carbocycles. The second kappa shape index (κ2) is 117. The minimum absolute atomic E-state index is 0. The second-order valence-electron chi connectivity index (χ2n) is 1.84. The first-order chi connectivity index (χ1) is 10.3. The van der Waals surface area contributed by atoms with Gasteiger partial charge in [0.15, 0.2) is 0 Å². The van der Waals surface area contributed by atoms with Crippen molar-refractivity contribution < 1.29 is 44.4 Å². The topological polar surface area (TPSA) is 167 Å². The van der Waals surface area contributed by atoms with Crippen LogP contribution >= 0.6 is 0 Å². The van der Waals surface area contributed by atoms with E-state index in [1.54, 1.807) is 13.8 Å². The number of carbonyl (C=O) groups excluding carboxylic acids is 4. The summed E-state index contributed by atoms with van der Waals surface area (Å²) in [5, 5.41) is 15.0. The van der Waals surface area contributed by atoms with Gasteiger partial charge in [0.2, 0.25) is 0 Å². The molecule has 0 rings (SSSR count). The van der Waals surface area contributed by atoms with Crippen molar-refractivity contribution in [3.63, 3.8) is 0 Å². The summed E-state index contributed by atoms with van der Waals surface area (Å²) in [7, 11) is 0. The Morgan fingerprint density at radius 1 is 1.04 bits per heavy atom. The highest BCUT2D eigenvalue weighted by Crippen LogP contribution is 1.69. The molecule has 0 aliphatic rings. The van der Waals surface area contributed by atoms with Crippen molar-refractivity contribution in [1.82, 2.24) is 0 Å². The summed E-state index contributed by atoms with van der Waals surface area (Å²) in [4.78, 5) is 43.1. The lowest BCUT2D eigenvalue weighted by molar-refractivity contribution is -0.191. The molecule has 0 aliphatic carbocycles. The van der Waals surface area contributed by atoms with E-state index in [2.05, 4.69) is 17.9 Å². The van der Waals surface area contributed by atoms with Crippen LogP contribution in [0, 0.1) is 0 Å². The maximum atomic E-state index is 9.82. The van der Waals surface area contributed by atoms with E-state index < -0.39 is 5.97 Å². The predicted molar refractivity (Wildman–Crippen MR) is 86.7 cm³/mol. The van der Waals surface area contributed by atoms with Gasteiger partial charge in [0.25, 0.3) is 5.97 Å². The van der Waals surface area contributed by atoms with Gasteiger partial charge >= 0.3 is 12.1 Å². The van der Waals surface area contributed by atoms with Crippen molar-refractivity contribution >= 4 is 24.9 Å². The summed E-state index contributed by atoms with van der Waals surface area (Å²) >= 11 is 0. The third-order valence-corrected chi connectivity index (χ3v) is 0.348. The number of esters is 1. The van der Waals surface area contributed by atoms with Crippen molar-refractivity contribution in [2.24, 2.45) is 0 Å². The van der Waals surface area contributed by atoms with Crippen molar-refractivity contribution in [2.75, 3.05) is 13.2 Å². The first-order valence-electron chi connectivity index (χ1n) is 6.05. The monoisotopic (exact) mass is 344 g/mol. The lowest BCUT2D eigenvalue weighted by Gasteiger charge is -1.89. The number of hydrogen-bond donors (Lipinski definition) is 2. The van der Waals surface area contributed by atoms with Crippen LogP contribution in [0.15, 0.2) is 13.2 Å². The van der Waals surface area contributed by atoms with Crippen LogP contribution in [-0.2, 0) is 28.7 Å². The van der Waals surface area contributed by atoms with Crippen LogP contribution in [0.1, 0.15) is 41.5 Å². The Hall–Kier alpha value is -2.35. The molecule has 0 aromatic heterocycles. The molecular weight excluding hydrogens is 312 g/mol. The number of ether oxygens (including phenoxy) is 1. The zero-order chi connectivity index (χ0) is 20.0. The standard InChI is InChI=1S/C4H8O2.C2H4O2.C2H6O.C2H6.C2H4.CO2.CH2O.H2O/c1-3-6-4(2)5;1-2(3)4;1-2-3;2*1-2;2-1-3;1-2;/h3H2,1-2H3;1H3,(H,3,4);3H,2H2,1H3;1-2H3;1-2H2;;1H2;1H2. The average molecular weight is 344 g/mol. The molecular formula is C14H32O9. The molecule has 0 radical (unpaired) electrons. The Balaban J connectivity index is -0.0000000199. The predicted octanol–water partition coefficient (Wildman–Crippen LogP) is 0.894. The third kappa shape index (κ3) is 14500. The van der Waals surface area contributed by atoms with Gasteiger partial charge in [0.1, 0.15) is 6.79 Å². The van der Waals surface area contributed by atoms with Crippen LogP contribution in [0.2, 0.25) is 0 Å². The molecule has 0 saturated heterocycles. The number of rotatable bonds is 1. The second-order valence-corrected chi connectivity index (χ2v) is 1.84. The summed E-state index contributed by atoms with van der Waals surface area (Å²) in [5.41, 5.74) is 0.